The van der Waals surface area contributed by atoms with Gasteiger partial charge in [0.25, 0.3) is 10.0 Å². The normalized spacial score (nSPS) is 11.4. The Morgan fingerprint density at radius 3 is 2.67 bits per heavy atom. The highest BCUT2D eigenvalue weighted by molar-refractivity contribution is 7.92. The highest BCUT2D eigenvalue weighted by Gasteiger charge is 2.17. The number of benzene rings is 1. The smallest absolute Gasteiger partial charge is 0.265 e. The van der Waals surface area contributed by atoms with Crippen LogP contribution >= 0.6 is 0 Å². The Labute approximate surface area is 105 Å². The first kappa shape index (κ1) is 12.4. The summed E-state index contributed by atoms with van der Waals surface area (Å²) < 4.78 is 26.2. The van der Waals surface area contributed by atoms with Crippen molar-refractivity contribution in [1.82, 2.24) is 10.2 Å². The molecule has 18 heavy (non-hydrogen) atoms. The molecule has 2 rings (SSSR count). The van der Waals surface area contributed by atoms with Crippen LogP contribution in [0.5, 0.6) is 5.75 Å². The lowest BCUT2D eigenvalue weighted by molar-refractivity contribution is 0.473. The lowest BCUT2D eigenvalue weighted by Crippen LogP contribution is -2.12. The number of sulfonamides is 1. The molecule has 96 valence electrons. The zero-order valence-corrected chi connectivity index (χ0v) is 10.7. The molecule has 0 atom stereocenters. The van der Waals surface area contributed by atoms with Crippen LogP contribution in [-0.2, 0) is 10.0 Å². The molecule has 0 radical (unpaired) electrons. The molecule has 1 aromatic carbocycles. The number of hydrogen-bond donors (Lipinski definition) is 3. The van der Waals surface area contributed by atoms with Gasteiger partial charge in [0.2, 0.25) is 0 Å². The summed E-state index contributed by atoms with van der Waals surface area (Å²) in [6, 6.07) is 3.34. The average Bonchev–Trinajstić information content (AvgIpc) is 2.78. The van der Waals surface area contributed by atoms with E-state index in [0.717, 1.165) is 5.56 Å². The van der Waals surface area contributed by atoms with Crippen LogP contribution < -0.4 is 4.72 Å². The molecule has 0 saturated heterocycles. The summed E-state index contributed by atoms with van der Waals surface area (Å²) in [6.45, 7) is 3.53. The second kappa shape index (κ2) is 4.34. The average molecular weight is 267 g/mol. The van der Waals surface area contributed by atoms with Gasteiger partial charge in [-0.15, -0.1) is 0 Å². The molecular weight excluding hydrogens is 254 g/mol. The lowest BCUT2D eigenvalue weighted by atomic mass is 10.1. The van der Waals surface area contributed by atoms with E-state index in [1.165, 1.54) is 12.4 Å². The molecule has 0 saturated carbocycles. The van der Waals surface area contributed by atoms with Gasteiger partial charge in [-0.3, -0.25) is 9.82 Å². The van der Waals surface area contributed by atoms with Gasteiger partial charge in [-0.05, 0) is 31.0 Å². The molecular formula is C11H13N3O3S. The molecule has 0 aliphatic heterocycles. The highest BCUT2D eigenvalue weighted by atomic mass is 32.2. The molecule has 7 heteroatoms. The molecule has 3 N–H and O–H groups in total. The predicted octanol–water partition coefficient (Wildman–Crippen LogP) is 1.53. The number of nitrogens with one attached hydrogen (secondary N) is 2. The third kappa shape index (κ3) is 2.30. The number of anilines is 1. The Kier molecular flexibility index (Phi) is 3.00. The van der Waals surface area contributed by atoms with E-state index in [1.54, 1.807) is 19.1 Å². The van der Waals surface area contributed by atoms with Crippen molar-refractivity contribution < 1.29 is 13.5 Å². The number of hydrogen-bond acceptors (Lipinski definition) is 4. The maximum atomic E-state index is 12.0. The maximum Gasteiger partial charge on any atom is 0.265 e. The summed E-state index contributed by atoms with van der Waals surface area (Å²) in [5.41, 5.74) is 1.63. The molecule has 0 fully saturated rings. The van der Waals surface area contributed by atoms with Crippen molar-refractivity contribution in [2.24, 2.45) is 0 Å². The van der Waals surface area contributed by atoms with E-state index in [9.17, 15) is 13.5 Å². The Hall–Kier alpha value is -2.02. The van der Waals surface area contributed by atoms with E-state index in [2.05, 4.69) is 14.9 Å². The minimum Gasteiger partial charge on any atom is -0.505 e. The van der Waals surface area contributed by atoms with Crippen molar-refractivity contribution in [1.29, 1.82) is 0 Å². The van der Waals surface area contributed by atoms with E-state index in [0.29, 0.717) is 5.56 Å². The minimum absolute atomic E-state index is 0.0149. The molecule has 0 spiro atoms. The van der Waals surface area contributed by atoms with Gasteiger partial charge in [0, 0.05) is 6.20 Å². The third-order valence-electron chi connectivity index (χ3n) is 2.47. The SMILES string of the molecule is Cc1cc(C)c(O)c(NS(=O)(=O)c2cn[nH]c2)c1. The monoisotopic (exact) mass is 267 g/mol. The molecule has 1 heterocycles. The van der Waals surface area contributed by atoms with Crippen molar-refractivity contribution in [2.75, 3.05) is 4.72 Å². The summed E-state index contributed by atoms with van der Waals surface area (Å²) in [5.74, 6) is -0.0762. The first-order valence-electron chi connectivity index (χ1n) is 5.22. The zero-order chi connectivity index (χ0) is 13.3. The second-order valence-corrected chi connectivity index (χ2v) is 5.70. The molecule has 6 nitrogen and oxygen atoms in total. The fraction of sp³-hybridized carbons (Fsp3) is 0.182. The van der Waals surface area contributed by atoms with Crippen molar-refractivity contribution in [2.45, 2.75) is 18.7 Å². The largest absolute Gasteiger partial charge is 0.505 e. The molecule has 0 bridgehead atoms. The number of aromatic hydroxyl groups is 1. The summed E-state index contributed by atoms with van der Waals surface area (Å²) >= 11 is 0. The van der Waals surface area contributed by atoms with Crippen LogP contribution in [0.2, 0.25) is 0 Å². The molecule has 0 aliphatic carbocycles. The molecule has 0 aliphatic rings. The van der Waals surface area contributed by atoms with E-state index >= 15 is 0 Å². The molecule has 2 aromatic rings. The van der Waals surface area contributed by atoms with Crippen LogP contribution in [0.1, 0.15) is 11.1 Å². The number of nitrogens with zero attached hydrogens (tertiary/aromatic N) is 1. The Balaban J connectivity index is 2.41. The summed E-state index contributed by atoms with van der Waals surface area (Å²) in [6.07, 6.45) is 2.46. The fourth-order valence-corrected chi connectivity index (χ4v) is 2.59. The second-order valence-electron chi connectivity index (χ2n) is 4.02. The van der Waals surface area contributed by atoms with Gasteiger partial charge in [-0.25, -0.2) is 8.42 Å². The van der Waals surface area contributed by atoms with Crippen LogP contribution in [0.25, 0.3) is 0 Å². The lowest BCUT2D eigenvalue weighted by Gasteiger charge is -2.11. The quantitative estimate of drug-likeness (QED) is 0.735. The van der Waals surface area contributed by atoms with E-state index < -0.39 is 10.0 Å². The topological polar surface area (TPSA) is 95.1 Å². The number of H-pyrrole nitrogens is 1. The van der Waals surface area contributed by atoms with Crippen LogP contribution in [0.4, 0.5) is 5.69 Å². The van der Waals surface area contributed by atoms with Crippen molar-refractivity contribution in [3.8, 4) is 5.75 Å². The number of aryl methyl sites for hydroxylation is 2. The van der Waals surface area contributed by atoms with E-state index in [-0.39, 0.29) is 16.3 Å². The van der Waals surface area contributed by atoms with Crippen LogP contribution in [0.3, 0.4) is 0 Å². The Morgan fingerprint density at radius 2 is 2.06 bits per heavy atom. The van der Waals surface area contributed by atoms with Crippen molar-refractivity contribution >= 4 is 15.7 Å². The standard InChI is InChI=1S/C11H13N3O3S/c1-7-3-8(2)11(15)10(4-7)14-18(16,17)9-5-12-13-6-9/h3-6,14-15H,1-2H3,(H,12,13). The number of rotatable bonds is 3. The first-order valence-corrected chi connectivity index (χ1v) is 6.70. The number of aromatic nitrogens is 2. The predicted molar refractivity (Wildman–Crippen MR) is 67.0 cm³/mol. The number of aromatic amines is 1. The van der Waals surface area contributed by atoms with Gasteiger partial charge in [-0.2, -0.15) is 5.10 Å². The first-order chi connectivity index (χ1) is 8.40. The van der Waals surface area contributed by atoms with Gasteiger partial charge in [0.1, 0.15) is 10.6 Å². The van der Waals surface area contributed by atoms with Gasteiger partial charge in [-0.1, -0.05) is 6.07 Å². The highest BCUT2D eigenvalue weighted by Crippen LogP contribution is 2.30. The summed E-state index contributed by atoms with van der Waals surface area (Å²) in [7, 11) is -3.73. The van der Waals surface area contributed by atoms with E-state index in [4.69, 9.17) is 0 Å². The summed E-state index contributed by atoms with van der Waals surface area (Å²) in [5, 5.41) is 15.8. The van der Waals surface area contributed by atoms with Crippen LogP contribution in [0.15, 0.2) is 29.4 Å². The third-order valence-corrected chi connectivity index (χ3v) is 3.81. The van der Waals surface area contributed by atoms with Crippen LogP contribution in [-0.4, -0.2) is 23.7 Å². The van der Waals surface area contributed by atoms with Gasteiger partial charge < -0.3 is 5.11 Å². The number of phenols is 1. The fourth-order valence-electron chi connectivity index (χ4n) is 1.63. The van der Waals surface area contributed by atoms with Gasteiger partial charge in [0.05, 0.1) is 11.9 Å². The summed E-state index contributed by atoms with van der Waals surface area (Å²) in [4.78, 5) is 0.0149. The van der Waals surface area contributed by atoms with Gasteiger partial charge in [0.15, 0.2) is 0 Å². The van der Waals surface area contributed by atoms with E-state index in [1.807, 2.05) is 6.92 Å². The zero-order valence-electron chi connectivity index (χ0n) is 9.93. The van der Waals surface area contributed by atoms with Crippen molar-refractivity contribution in [3.05, 3.63) is 35.7 Å². The van der Waals surface area contributed by atoms with Gasteiger partial charge >= 0.3 is 0 Å². The molecule has 0 unspecified atom stereocenters. The Bertz CT molecular complexity index is 663. The number of phenolic OH excluding ortho intramolecular Hbond substituents is 1. The maximum absolute atomic E-state index is 12.0. The molecule has 1 aromatic heterocycles. The molecule has 0 amide bonds. The minimum atomic E-state index is -3.73. The van der Waals surface area contributed by atoms with Crippen LogP contribution in [0, 0.1) is 13.8 Å². The Morgan fingerprint density at radius 1 is 1.33 bits per heavy atom. The van der Waals surface area contributed by atoms with Crippen molar-refractivity contribution in [3.63, 3.8) is 0 Å².